The van der Waals surface area contributed by atoms with Crippen LogP contribution in [0.5, 0.6) is 0 Å². The fraction of sp³-hybridized carbons (Fsp3) is 0.400. The number of amides is 1. The number of nitrogens with zero attached hydrogens (tertiary/aromatic N) is 6. The fourth-order valence-corrected chi connectivity index (χ4v) is 2.51. The molecular weight excluding hydrogens is 310 g/mol. The van der Waals surface area contributed by atoms with Gasteiger partial charge in [0.1, 0.15) is 17.7 Å². The number of ether oxygens (including phenoxy) is 1. The molecular formula is C15H19N7O2. The van der Waals surface area contributed by atoms with E-state index in [-0.39, 0.29) is 5.91 Å². The Morgan fingerprint density at radius 3 is 3.12 bits per heavy atom. The second kappa shape index (κ2) is 7.18. The standard InChI is InChI=1S/C15H19N7O2/c1-11-14(12-4-3-6-18-22(12)20-11)15(23)16-7-5-13-19-17-10-21(13)8-9-24-2/h3-4,6,10H,5,7-9H2,1-2H3,(H,16,23). The topological polar surface area (TPSA) is 99.2 Å². The Morgan fingerprint density at radius 2 is 2.29 bits per heavy atom. The molecule has 1 N–H and O–H groups in total. The molecule has 3 rings (SSSR count). The van der Waals surface area contributed by atoms with Crippen molar-refractivity contribution < 1.29 is 9.53 Å². The van der Waals surface area contributed by atoms with Gasteiger partial charge in [-0.25, -0.2) is 0 Å². The lowest BCUT2D eigenvalue weighted by molar-refractivity contribution is 0.0955. The van der Waals surface area contributed by atoms with Gasteiger partial charge < -0.3 is 14.6 Å². The van der Waals surface area contributed by atoms with Gasteiger partial charge in [0.25, 0.3) is 5.91 Å². The highest BCUT2D eigenvalue weighted by Gasteiger charge is 2.17. The molecule has 3 aromatic rings. The zero-order chi connectivity index (χ0) is 16.9. The van der Waals surface area contributed by atoms with Crippen LogP contribution in [0.4, 0.5) is 0 Å². The molecule has 24 heavy (non-hydrogen) atoms. The summed E-state index contributed by atoms with van der Waals surface area (Å²) in [6.45, 7) is 3.53. The van der Waals surface area contributed by atoms with Crippen LogP contribution in [-0.4, -0.2) is 55.8 Å². The summed E-state index contributed by atoms with van der Waals surface area (Å²) in [4.78, 5) is 12.5. The summed E-state index contributed by atoms with van der Waals surface area (Å²) in [7, 11) is 1.65. The first-order valence-electron chi connectivity index (χ1n) is 7.65. The lowest BCUT2D eigenvalue weighted by Crippen LogP contribution is -2.27. The van der Waals surface area contributed by atoms with Crippen LogP contribution in [0.3, 0.4) is 0 Å². The minimum Gasteiger partial charge on any atom is -0.383 e. The highest BCUT2D eigenvalue weighted by molar-refractivity contribution is 6.01. The Morgan fingerprint density at radius 1 is 1.42 bits per heavy atom. The summed E-state index contributed by atoms with van der Waals surface area (Å²) >= 11 is 0. The van der Waals surface area contributed by atoms with Gasteiger partial charge in [-0.1, -0.05) is 0 Å². The molecule has 126 valence electrons. The van der Waals surface area contributed by atoms with Gasteiger partial charge >= 0.3 is 0 Å². The molecule has 0 aliphatic carbocycles. The monoisotopic (exact) mass is 329 g/mol. The van der Waals surface area contributed by atoms with Crippen molar-refractivity contribution in [2.24, 2.45) is 0 Å². The number of nitrogens with one attached hydrogen (secondary N) is 1. The van der Waals surface area contributed by atoms with Crippen LogP contribution in [0.1, 0.15) is 21.9 Å². The zero-order valence-corrected chi connectivity index (χ0v) is 13.6. The lowest BCUT2D eigenvalue weighted by atomic mass is 10.2. The predicted molar refractivity (Wildman–Crippen MR) is 85.7 cm³/mol. The van der Waals surface area contributed by atoms with Crippen molar-refractivity contribution in [3.63, 3.8) is 0 Å². The number of carbonyl (C=O) groups is 1. The van der Waals surface area contributed by atoms with Crippen molar-refractivity contribution in [3.05, 3.63) is 41.7 Å². The number of aromatic nitrogens is 6. The first-order chi connectivity index (χ1) is 11.7. The average molecular weight is 329 g/mol. The van der Waals surface area contributed by atoms with E-state index in [0.29, 0.717) is 42.9 Å². The molecule has 0 saturated carbocycles. The van der Waals surface area contributed by atoms with Crippen molar-refractivity contribution >= 4 is 11.4 Å². The maximum Gasteiger partial charge on any atom is 0.255 e. The Balaban J connectivity index is 1.63. The molecule has 9 nitrogen and oxygen atoms in total. The second-order valence-electron chi connectivity index (χ2n) is 5.30. The van der Waals surface area contributed by atoms with E-state index in [1.54, 1.807) is 32.6 Å². The SMILES string of the molecule is COCCn1cnnc1CCNC(=O)c1c(C)nn2ncccc12. The zero-order valence-electron chi connectivity index (χ0n) is 13.6. The van der Waals surface area contributed by atoms with Gasteiger partial charge in [-0.2, -0.15) is 14.8 Å². The predicted octanol–water partition coefficient (Wildman–Crippen LogP) is 0.248. The van der Waals surface area contributed by atoms with Gasteiger partial charge in [0, 0.05) is 32.8 Å². The molecule has 0 fully saturated rings. The Labute approximate surface area is 138 Å². The van der Waals surface area contributed by atoms with Crippen molar-refractivity contribution in [2.45, 2.75) is 19.9 Å². The minimum absolute atomic E-state index is 0.168. The number of hydrogen-bond donors (Lipinski definition) is 1. The maximum absolute atomic E-state index is 12.5. The molecule has 0 aliphatic heterocycles. The molecule has 3 aromatic heterocycles. The Kier molecular flexibility index (Phi) is 4.80. The van der Waals surface area contributed by atoms with Crippen molar-refractivity contribution in [3.8, 4) is 0 Å². The van der Waals surface area contributed by atoms with E-state index in [1.807, 2.05) is 10.6 Å². The normalized spacial score (nSPS) is 11.1. The van der Waals surface area contributed by atoms with Gasteiger partial charge in [0.15, 0.2) is 0 Å². The third-order valence-electron chi connectivity index (χ3n) is 3.69. The average Bonchev–Trinajstić information content (AvgIpc) is 3.15. The van der Waals surface area contributed by atoms with Crippen LogP contribution in [0.2, 0.25) is 0 Å². The van der Waals surface area contributed by atoms with E-state index < -0.39 is 0 Å². The van der Waals surface area contributed by atoms with Crippen LogP contribution in [0.25, 0.3) is 5.52 Å². The van der Waals surface area contributed by atoms with E-state index in [9.17, 15) is 4.79 Å². The third-order valence-corrected chi connectivity index (χ3v) is 3.69. The lowest BCUT2D eigenvalue weighted by Gasteiger charge is -2.07. The largest absolute Gasteiger partial charge is 0.383 e. The smallest absolute Gasteiger partial charge is 0.255 e. The number of hydrogen-bond acceptors (Lipinski definition) is 6. The summed E-state index contributed by atoms with van der Waals surface area (Å²) in [6, 6.07) is 3.61. The van der Waals surface area contributed by atoms with Gasteiger partial charge in [0.2, 0.25) is 0 Å². The van der Waals surface area contributed by atoms with Crippen LogP contribution in [0.15, 0.2) is 24.7 Å². The number of carbonyl (C=O) groups excluding carboxylic acids is 1. The Bertz CT molecular complexity index is 839. The fourth-order valence-electron chi connectivity index (χ4n) is 2.51. The quantitative estimate of drug-likeness (QED) is 0.667. The molecule has 0 bridgehead atoms. The summed E-state index contributed by atoms with van der Waals surface area (Å²) in [5, 5.41) is 19.2. The van der Waals surface area contributed by atoms with E-state index in [4.69, 9.17) is 4.74 Å². The summed E-state index contributed by atoms with van der Waals surface area (Å²) < 4.78 is 8.44. The molecule has 0 aromatic carbocycles. The van der Waals surface area contributed by atoms with Crippen LogP contribution < -0.4 is 5.32 Å². The summed E-state index contributed by atoms with van der Waals surface area (Å²) in [5.74, 6) is 0.643. The van der Waals surface area contributed by atoms with E-state index in [0.717, 1.165) is 5.82 Å². The Hall–Kier alpha value is -2.81. The van der Waals surface area contributed by atoms with Gasteiger partial charge in [-0.3, -0.25) is 4.79 Å². The molecule has 0 atom stereocenters. The number of methoxy groups -OCH3 is 1. The van der Waals surface area contributed by atoms with Crippen LogP contribution in [0, 0.1) is 6.92 Å². The number of aryl methyl sites for hydroxylation is 1. The van der Waals surface area contributed by atoms with Crippen molar-refractivity contribution in [1.82, 2.24) is 34.9 Å². The van der Waals surface area contributed by atoms with Gasteiger partial charge in [-0.15, -0.1) is 10.2 Å². The second-order valence-corrected chi connectivity index (χ2v) is 5.30. The summed E-state index contributed by atoms with van der Waals surface area (Å²) in [5.41, 5.74) is 1.88. The van der Waals surface area contributed by atoms with Crippen molar-refractivity contribution in [1.29, 1.82) is 0 Å². The minimum atomic E-state index is -0.168. The van der Waals surface area contributed by atoms with E-state index in [2.05, 4.69) is 25.7 Å². The molecule has 0 radical (unpaired) electrons. The van der Waals surface area contributed by atoms with E-state index in [1.165, 1.54) is 4.63 Å². The van der Waals surface area contributed by atoms with Gasteiger partial charge in [0.05, 0.1) is 17.9 Å². The van der Waals surface area contributed by atoms with Crippen LogP contribution in [-0.2, 0) is 17.7 Å². The molecule has 1 amide bonds. The first-order valence-corrected chi connectivity index (χ1v) is 7.65. The number of rotatable bonds is 7. The van der Waals surface area contributed by atoms with Crippen LogP contribution >= 0.6 is 0 Å². The van der Waals surface area contributed by atoms with Crippen molar-refractivity contribution in [2.75, 3.05) is 20.3 Å². The molecule has 0 spiro atoms. The number of fused-ring (bicyclic) bond motifs is 1. The highest BCUT2D eigenvalue weighted by Crippen LogP contribution is 2.13. The first kappa shape index (κ1) is 16.1. The van der Waals surface area contributed by atoms with E-state index >= 15 is 0 Å². The molecule has 0 unspecified atom stereocenters. The maximum atomic E-state index is 12.5. The summed E-state index contributed by atoms with van der Waals surface area (Å²) in [6.07, 6.45) is 3.89. The molecule has 3 heterocycles. The highest BCUT2D eigenvalue weighted by atomic mass is 16.5. The molecule has 0 aliphatic rings. The van der Waals surface area contributed by atoms with Gasteiger partial charge in [-0.05, 0) is 19.1 Å². The third kappa shape index (κ3) is 3.25. The molecule has 0 saturated heterocycles. The molecule has 9 heteroatoms.